The Hall–Kier alpha value is -1.43. The van der Waals surface area contributed by atoms with Gasteiger partial charge in [0, 0.05) is 20.0 Å². The van der Waals surface area contributed by atoms with Gasteiger partial charge in [0.05, 0.1) is 0 Å². The van der Waals surface area contributed by atoms with Gasteiger partial charge >= 0.3 is 5.97 Å². The number of rotatable bonds is 6. The number of aliphatic carboxylic acids is 1. The van der Waals surface area contributed by atoms with Crippen molar-refractivity contribution < 1.29 is 19.2 Å². The minimum Gasteiger partial charge on any atom is -0.481 e. The Labute approximate surface area is 100.0 Å². The highest BCUT2D eigenvalue weighted by molar-refractivity contribution is 5.66. The second-order valence-corrected chi connectivity index (χ2v) is 4.63. The first-order chi connectivity index (χ1) is 7.85. The van der Waals surface area contributed by atoms with Gasteiger partial charge in [0.2, 0.25) is 11.7 Å². The standard InChI is InChI=1S/C11H18N2O4/c1-7(6-9(14)15)5-8-12-10(13-17-8)11(2,3)16-4/h7H,5-6H2,1-4H3,(H,14,15). The van der Waals surface area contributed by atoms with Gasteiger partial charge in [-0.1, -0.05) is 12.1 Å². The van der Waals surface area contributed by atoms with E-state index in [0.717, 1.165) is 0 Å². The van der Waals surface area contributed by atoms with E-state index in [-0.39, 0.29) is 12.3 Å². The molecule has 0 aliphatic rings. The molecule has 1 N–H and O–H groups in total. The quantitative estimate of drug-likeness (QED) is 0.815. The van der Waals surface area contributed by atoms with Gasteiger partial charge in [-0.3, -0.25) is 4.79 Å². The number of carboxylic acid groups (broad SMARTS) is 1. The molecular formula is C11H18N2O4. The van der Waals surface area contributed by atoms with Gasteiger partial charge in [-0.2, -0.15) is 4.98 Å². The smallest absolute Gasteiger partial charge is 0.303 e. The number of carbonyl (C=O) groups is 1. The van der Waals surface area contributed by atoms with Crippen LogP contribution in [0.25, 0.3) is 0 Å². The van der Waals surface area contributed by atoms with E-state index in [1.807, 2.05) is 20.8 Å². The third-order valence-corrected chi connectivity index (χ3v) is 2.56. The van der Waals surface area contributed by atoms with Crippen LogP contribution in [0.1, 0.15) is 38.9 Å². The number of nitrogens with zero attached hydrogens (tertiary/aromatic N) is 2. The summed E-state index contributed by atoms with van der Waals surface area (Å²) in [6, 6.07) is 0. The minimum atomic E-state index is -0.825. The van der Waals surface area contributed by atoms with Crippen molar-refractivity contribution in [3.05, 3.63) is 11.7 Å². The molecule has 0 amide bonds. The molecule has 0 saturated heterocycles. The minimum absolute atomic E-state index is 0.0357. The molecule has 17 heavy (non-hydrogen) atoms. The molecule has 6 heteroatoms. The first kappa shape index (κ1) is 13.6. The molecule has 1 aromatic heterocycles. The monoisotopic (exact) mass is 242 g/mol. The third kappa shape index (κ3) is 3.81. The number of carboxylic acids is 1. The van der Waals surface area contributed by atoms with Crippen LogP contribution < -0.4 is 0 Å². The number of hydrogen-bond donors (Lipinski definition) is 1. The van der Waals surface area contributed by atoms with Crippen LogP contribution in [0.15, 0.2) is 4.52 Å². The third-order valence-electron chi connectivity index (χ3n) is 2.56. The molecular weight excluding hydrogens is 224 g/mol. The lowest BCUT2D eigenvalue weighted by Gasteiger charge is -2.17. The molecule has 0 spiro atoms. The summed E-state index contributed by atoms with van der Waals surface area (Å²) < 4.78 is 10.3. The van der Waals surface area contributed by atoms with E-state index in [1.54, 1.807) is 7.11 Å². The Balaban J connectivity index is 2.66. The zero-order valence-corrected chi connectivity index (χ0v) is 10.6. The molecule has 1 rings (SSSR count). The van der Waals surface area contributed by atoms with Crippen molar-refractivity contribution in [2.75, 3.05) is 7.11 Å². The second-order valence-electron chi connectivity index (χ2n) is 4.63. The van der Waals surface area contributed by atoms with E-state index in [1.165, 1.54) is 0 Å². The highest BCUT2D eigenvalue weighted by Gasteiger charge is 2.26. The van der Waals surface area contributed by atoms with Gasteiger partial charge in [-0.15, -0.1) is 0 Å². The predicted octanol–water partition coefficient (Wildman–Crippen LogP) is 1.60. The molecule has 1 unspecified atom stereocenters. The fraction of sp³-hybridized carbons (Fsp3) is 0.727. The van der Waals surface area contributed by atoms with Crippen molar-refractivity contribution >= 4 is 5.97 Å². The maximum absolute atomic E-state index is 10.5. The van der Waals surface area contributed by atoms with Crippen LogP contribution in [-0.2, 0) is 21.6 Å². The summed E-state index contributed by atoms with van der Waals surface area (Å²) in [6.07, 6.45) is 0.546. The van der Waals surface area contributed by atoms with Gasteiger partial charge < -0.3 is 14.4 Å². The van der Waals surface area contributed by atoms with Crippen molar-refractivity contribution in [3.63, 3.8) is 0 Å². The summed E-state index contributed by atoms with van der Waals surface area (Å²) in [5.74, 6) is 0.0531. The van der Waals surface area contributed by atoms with E-state index in [0.29, 0.717) is 18.1 Å². The molecule has 0 radical (unpaired) electrons. The van der Waals surface area contributed by atoms with Crippen LogP contribution in [0.3, 0.4) is 0 Å². The summed E-state index contributed by atoms with van der Waals surface area (Å²) in [5, 5.41) is 12.5. The van der Waals surface area contributed by atoms with E-state index in [2.05, 4.69) is 10.1 Å². The van der Waals surface area contributed by atoms with Crippen molar-refractivity contribution in [1.82, 2.24) is 10.1 Å². The molecule has 96 valence electrons. The highest BCUT2D eigenvalue weighted by atomic mass is 16.5. The van der Waals surface area contributed by atoms with Gasteiger partial charge in [0.1, 0.15) is 5.60 Å². The first-order valence-corrected chi connectivity index (χ1v) is 5.45. The largest absolute Gasteiger partial charge is 0.481 e. The Morgan fingerprint density at radius 2 is 2.24 bits per heavy atom. The molecule has 0 saturated carbocycles. The fourth-order valence-electron chi connectivity index (χ4n) is 1.34. The summed E-state index contributed by atoms with van der Waals surface area (Å²) in [5.41, 5.74) is -0.599. The molecule has 1 heterocycles. The Morgan fingerprint density at radius 1 is 1.59 bits per heavy atom. The summed E-state index contributed by atoms with van der Waals surface area (Å²) >= 11 is 0. The maximum Gasteiger partial charge on any atom is 0.303 e. The Bertz CT molecular complexity index is 387. The van der Waals surface area contributed by atoms with Gasteiger partial charge in [0.25, 0.3) is 0 Å². The Morgan fingerprint density at radius 3 is 2.76 bits per heavy atom. The average molecular weight is 242 g/mol. The number of methoxy groups -OCH3 is 1. The number of hydrogen-bond acceptors (Lipinski definition) is 5. The summed E-state index contributed by atoms with van der Waals surface area (Å²) in [4.78, 5) is 14.7. The van der Waals surface area contributed by atoms with E-state index in [4.69, 9.17) is 14.4 Å². The predicted molar refractivity (Wildman–Crippen MR) is 59.5 cm³/mol. The lowest BCUT2D eigenvalue weighted by atomic mass is 10.0. The zero-order valence-electron chi connectivity index (χ0n) is 10.6. The van der Waals surface area contributed by atoms with E-state index < -0.39 is 11.6 Å². The van der Waals surface area contributed by atoms with Crippen molar-refractivity contribution in [2.24, 2.45) is 5.92 Å². The second kappa shape index (κ2) is 5.27. The first-order valence-electron chi connectivity index (χ1n) is 5.45. The SMILES string of the molecule is COC(C)(C)c1noc(CC(C)CC(=O)O)n1. The molecule has 0 aliphatic carbocycles. The van der Waals surface area contributed by atoms with Crippen LogP contribution >= 0.6 is 0 Å². The molecule has 6 nitrogen and oxygen atoms in total. The van der Waals surface area contributed by atoms with E-state index >= 15 is 0 Å². The molecule has 0 aromatic carbocycles. The van der Waals surface area contributed by atoms with E-state index in [9.17, 15) is 4.79 Å². The normalized spacial score (nSPS) is 13.6. The molecule has 0 fully saturated rings. The van der Waals surface area contributed by atoms with Crippen LogP contribution in [0.5, 0.6) is 0 Å². The lowest BCUT2D eigenvalue weighted by molar-refractivity contribution is -0.137. The van der Waals surface area contributed by atoms with Gasteiger partial charge in [0.15, 0.2) is 0 Å². The van der Waals surface area contributed by atoms with Gasteiger partial charge in [-0.05, 0) is 19.8 Å². The van der Waals surface area contributed by atoms with Crippen molar-refractivity contribution in [3.8, 4) is 0 Å². The van der Waals surface area contributed by atoms with Crippen LogP contribution in [0, 0.1) is 5.92 Å². The average Bonchev–Trinajstić information content (AvgIpc) is 2.65. The van der Waals surface area contributed by atoms with Crippen molar-refractivity contribution in [1.29, 1.82) is 0 Å². The number of aromatic nitrogens is 2. The molecule has 1 aromatic rings. The lowest BCUT2D eigenvalue weighted by Crippen LogP contribution is -2.21. The van der Waals surface area contributed by atoms with Crippen LogP contribution in [-0.4, -0.2) is 28.3 Å². The summed E-state index contributed by atoms with van der Waals surface area (Å²) in [6.45, 7) is 5.50. The highest BCUT2D eigenvalue weighted by Crippen LogP contribution is 2.21. The molecule has 0 bridgehead atoms. The van der Waals surface area contributed by atoms with Crippen molar-refractivity contribution in [2.45, 2.75) is 39.2 Å². The molecule has 1 atom stereocenters. The fourth-order valence-corrected chi connectivity index (χ4v) is 1.34. The molecule has 0 aliphatic heterocycles. The van der Waals surface area contributed by atoms with Crippen LogP contribution in [0.2, 0.25) is 0 Å². The number of ether oxygens (including phenoxy) is 1. The van der Waals surface area contributed by atoms with Crippen LogP contribution in [0.4, 0.5) is 0 Å². The zero-order chi connectivity index (χ0) is 13.1. The summed E-state index contributed by atoms with van der Waals surface area (Å²) in [7, 11) is 1.57. The Kier molecular flexibility index (Phi) is 4.22. The van der Waals surface area contributed by atoms with Gasteiger partial charge in [-0.25, -0.2) is 0 Å². The topological polar surface area (TPSA) is 85.5 Å². The maximum atomic E-state index is 10.5.